The number of nitrogens with two attached hydrogens (primary N) is 1. The normalized spacial score (nSPS) is 13.2. The van der Waals surface area contributed by atoms with Crippen molar-refractivity contribution in [2.75, 3.05) is 11.9 Å². The van der Waals surface area contributed by atoms with Crippen LogP contribution >= 0.6 is 12.4 Å². The van der Waals surface area contributed by atoms with Gasteiger partial charge < -0.3 is 20.3 Å². The number of aromatic nitrogens is 2. The van der Waals surface area contributed by atoms with E-state index in [0.717, 1.165) is 18.5 Å². The summed E-state index contributed by atoms with van der Waals surface area (Å²) in [5.41, 5.74) is 6.11. The molecule has 3 N–H and O–H groups in total. The molecule has 1 aliphatic carbocycles. The second kappa shape index (κ2) is 8.65. The van der Waals surface area contributed by atoms with Crippen molar-refractivity contribution in [3.05, 3.63) is 36.0 Å². The van der Waals surface area contributed by atoms with Crippen LogP contribution in [0.4, 0.5) is 5.69 Å². The van der Waals surface area contributed by atoms with Gasteiger partial charge in [0, 0.05) is 18.0 Å². The fourth-order valence-corrected chi connectivity index (χ4v) is 2.09. The fourth-order valence-electron chi connectivity index (χ4n) is 2.09. The quantitative estimate of drug-likeness (QED) is 0.756. The van der Waals surface area contributed by atoms with Gasteiger partial charge in [-0.25, -0.2) is 0 Å². The molecule has 7 nitrogen and oxygen atoms in total. The van der Waals surface area contributed by atoms with E-state index in [1.165, 1.54) is 0 Å². The van der Waals surface area contributed by atoms with Crippen LogP contribution in [0.25, 0.3) is 0 Å². The van der Waals surface area contributed by atoms with Gasteiger partial charge >= 0.3 is 0 Å². The zero-order valence-electron chi connectivity index (χ0n) is 13.2. The summed E-state index contributed by atoms with van der Waals surface area (Å²) < 4.78 is 10.8. The van der Waals surface area contributed by atoms with Gasteiger partial charge in [-0.2, -0.15) is 4.98 Å². The number of anilines is 1. The lowest BCUT2D eigenvalue weighted by molar-refractivity contribution is -0.116. The van der Waals surface area contributed by atoms with Crippen LogP contribution in [0.5, 0.6) is 5.75 Å². The Hall–Kier alpha value is -2.12. The van der Waals surface area contributed by atoms with Crippen LogP contribution in [0.2, 0.25) is 0 Å². The number of hydrogen-bond donors (Lipinski definition) is 2. The number of halogens is 1. The number of rotatable bonds is 8. The average molecular weight is 353 g/mol. The van der Waals surface area contributed by atoms with E-state index < -0.39 is 0 Å². The van der Waals surface area contributed by atoms with E-state index in [9.17, 15) is 4.79 Å². The molecule has 0 aliphatic heterocycles. The van der Waals surface area contributed by atoms with E-state index in [0.29, 0.717) is 42.8 Å². The Balaban J connectivity index is 0.00000208. The zero-order valence-corrected chi connectivity index (χ0v) is 14.1. The van der Waals surface area contributed by atoms with Crippen molar-refractivity contribution in [3.8, 4) is 5.75 Å². The molecule has 0 saturated heterocycles. The van der Waals surface area contributed by atoms with E-state index >= 15 is 0 Å². The lowest BCUT2D eigenvalue weighted by Gasteiger charge is -2.07. The maximum Gasteiger partial charge on any atom is 0.229 e. The van der Waals surface area contributed by atoms with Gasteiger partial charge in [0.2, 0.25) is 17.6 Å². The molecule has 1 aromatic carbocycles. The number of hydrogen-bond acceptors (Lipinski definition) is 6. The molecule has 8 heteroatoms. The summed E-state index contributed by atoms with van der Waals surface area (Å²) in [6.07, 6.45) is 3.36. The van der Waals surface area contributed by atoms with Gasteiger partial charge in [-0.15, -0.1) is 12.4 Å². The van der Waals surface area contributed by atoms with Gasteiger partial charge in [-0.05, 0) is 50.1 Å². The van der Waals surface area contributed by atoms with Gasteiger partial charge in [0.25, 0.3) is 0 Å². The van der Waals surface area contributed by atoms with Crippen molar-refractivity contribution >= 4 is 24.0 Å². The molecule has 2 aromatic rings. The summed E-state index contributed by atoms with van der Waals surface area (Å²) in [5, 5.41) is 6.71. The minimum absolute atomic E-state index is 0. The first-order valence-electron chi connectivity index (χ1n) is 7.80. The summed E-state index contributed by atoms with van der Waals surface area (Å²) in [4.78, 5) is 15.9. The van der Waals surface area contributed by atoms with E-state index in [1.54, 1.807) is 24.3 Å². The molecule has 24 heavy (non-hydrogen) atoms. The third-order valence-electron chi connectivity index (χ3n) is 3.52. The predicted molar refractivity (Wildman–Crippen MR) is 91.2 cm³/mol. The highest BCUT2D eigenvalue weighted by Crippen LogP contribution is 2.38. The number of ether oxygens (including phenoxy) is 1. The standard InChI is InChI=1S/C16H20N4O3.ClH/c17-9-1-2-15(21)18-12-5-7-13(8-6-12)22-10-14-19-16(23-20-14)11-3-4-11;/h5-8,11H,1-4,9-10,17H2,(H,18,21);1H. The topological polar surface area (TPSA) is 103 Å². The Morgan fingerprint density at radius 3 is 2.75 bits per heavy atom. The van der Waals surface area contributed by atoms with Crippen molar-refractivity contribution in [2.24, 2.45) is 5.73 Å². The molecule has 1 heterocycles. The van der Waals surface area contributed by atoms with Gasteiger partial charge in [0.15, 0.2) is 6.61 Å². The van der Waals surface area contributed by atoms with Crippen molar-refractivity contribution in [3.63, 3.8) is 0 Å². The first-order chi connectivity index (χ1) is 11.2. The average Bonchev–Trinajstić information content (AvgIpc) is 3.31. The van der Waals surface area contributed by atoms with Crippen LogP contribution in [0.1, 0.15) is 43.3 Å². The summed E-state index contributed by atoms with van der Waals surface area (Å²) in [6.45, 7) is 0.775. The minimum atomic E-state index is -0.0384. The highest BCUT2D eigenvalue weighted by atomic mass is 35.5. The lowest BCUT2D eigenvalue weighted by Crippen LogP contribution is -2.13. The SMILES string of the molecule is Cl.NCCCC(=O)Nc1ccc(OCc2noc(C3CC3)n2)cc1. The number of carbonyl (C=O) groups excluding carboxylic acids is 1. The number of nitrogens with one attached hydrogen (secondary N) is 1. The summed E-state index contributed by atoms with van der Waals surface area (Å²) in [7, 11) is 0. The van der Waals surface area contributed by atoms with E-state index in [1.807, 2.05) is 0 Å². The Labute approximate surface area is 146 Å². The summed E-state index contributed by atoms with van der Waals surface area (Å²) >= 11 is 0. The molecule has 0 bridgehead atoms. The highest BCUT2D eigenvalue weighted by Gasteiger charge is 2.29. The van der Waals surface area contributed by atoms with Gasteiger partial charge in [0.05, 0.1) is 0 Å². The van der Waals surface area contributed by atoms with E-state index in [2.05, 4.69) is 15.5 Å². The first-order valence-corrected chi connectivity index (χ1v) is 7.80. The lowest BCUT2D eigenvalue weighted by atomic mass is 10.2. The van der Waals surface area contributed by atoms with Crippen molar-refractivity contribution in [2.45, 2.75) is 38.2 Å². The molecule has 1 saturated carbocycles. The van der Waals surface area contributed by atoms with Gasteiger partial charge in [0.1, 0.15) is 5.75 Å². The molecule has 0 spiro atoms. The molecule has 1 aliphatic rings. The van der Waals surface area contributed by atoms with Crippen LogP contribution in [-0.2, 0) is 11.4 Å². The van der Waals surface area contributed by atoms with Crippen molar-refractivity contribution in [1.82, 2.24) is 10.1 Å². The third kappa shape index (κ3) is 5.21. The largest absolute Gasteiger partial charge is 0.485 e. The molecular weight excluding hydrogens is 332 g/mol. The smallest absolute Gasteiger partial charge is 0.229 e. The Morgan fingerprint density at radius 2 is 2.08 bits per heavy atom. The van der Waals surface area contributed by atoms with E-state index in [4.69, 9.17) is 15.0 Å². The molecular formula is C16H21ClN4O3. The van der Waals surface area contributed by atoms with Crippen molar-refractivity contribution in [1.29, 1.82) is 0 Å². The highest BCUT2D eigenvalue weighted by molar-refractivity contribution is 5.90. The Kier molecular flexibility index (Phi) is 6.57. The molecule has 3 rings (SSSR count). The van der Waals surface area contributed by atoms with Gasteiger partial charge in [-0.3, -0.25) is 4.79 Å². The predicted octanol–water partition coefficient (Wildman–Crippen LogP) is 2.63. The molecule has 130 valence electrons. The van der Waals surface area contributed by atoms with Crippen molar-refractivity contribution < 1.29 is 14.1 Å². The zero-order chi connectivity index (χ0) is 16.1. The molecule has 1 aromatic heterocycles. The summed E-state index contributed by atoms with van der Waals surface area (Å²) in [6, 6.07) is 7.17. The monoisotopic (exact) mass is 352 g/mol. The number of carbonyl (C=O) groups is 1. The molecule has 1 amide bonds. The van der Waals surface area contributed by atoms with Crippen LogP contribution in [-0.4, -0.2) is 22.6 Å². The number of amides is 1. The first kappa shape index (κ1) is 18.2. The fraction of sp³-hybridized carbons (Fsp3) is 0.438. The van der Waals surface area contributed by atoms with Crippen LogP contribution < -0.4 is 15.8 Å². The molecule has 1 fully saturated rings. The Morgan fingerprint density at radius 1 is 1.33 bits per heavy atom. The number of nitrogens with zero attached hydrogens (tertiary/aromatic N) is 2. The molecule has 0 atom stereocenters. The maximum atomic E-state index is 11.6. The van der Waals surface area contributed by atoms with Crippen LogP contribution in [0.15, 0.2) is 28.8 Å². The van der Waals surface area contributed by atoms with Crippen LogP contribution in [0, 0.1) is 0 Å². The van der Waals surface area contributed by atoms with E-state index in [-0.39, 0.29) is 24.9 Å². The van der Waals surface area contributed by atoms with Gasteiger partial charge in [-0.1, -0.05) is 5.16 Å². The second-order valence-electron chi connectivity index (χ2n) is 5.58. The minimum Gasteiger partial charge on any atom is -0.485 e. The number of benzene rings is 1. The second-order valence-corrected chi connectivity index (χ2v) is 5.58. The molecule has 0 radical (unpaired) electrons. The Bertz CT molecular complexity index is 656. The maximum absolute atomic E-state index is 11.6. The summed E-state index contributed by atoms with van der Waals surface area (Å²) in [5.74, 6) is 2.34. The van der Waals surface area contributed by atoms with Crippen LogP contribution in [0.3, 0.4) is 0 Å². The third-order valence-corrected chi connectivity index (χ3v) is 3.52. The molecule has 0 unspecified atom stereocenters.